The summed E-state index contributed by atoms with van der Waals surface area (Å²) in [6, 6.07) is 54.3. The Balaban J connectivity index is 1.28. The van der Waals surface area contributed by atoms with Gasteiger partial charge in [0.2, 0.25) is 0 Å². The van der Waals surface area contributed by atoms with Crippen molar-refractivity contribution < 1.29 is 0 Å². The topological polar surface area (TPSA) is 3.24 Å². The van der Waals surface area contributed by atoms with Gasteiger partial charge in [-0.3, -0.25) is 0 Å². The Morgan fingerprint density at radius 3 is 2.08 bits per heavy atom. The van der Waals surface area contributed by atoms with Crippen molar-refractivity contribution in [2.24, 2.45) is 0 Å². The normalized spacial score (nSPS) is 13.3. The molecule has 0 saturated heterocycles. The monoisotopic (exact) mass is 629 g/mol. The van der Waals surface area contributed by atoms with E-state index in [-0.39, 0.29) is 0 Å². The van der Waals surface area contributed by atoms with Gasteiger partial charge in [0.15, 0.2) is 0 Å². The van der Waals surface area contributed by atoms with Crippen LogP contribution in [0.15, 0.2) is 164 Å². The molecule has 2 heteroatoms. The molecule has 0 bridgehead atoms. The molecule has 0 amide bonds. The van der Waals surface area contributed by atoms with Crippen LogP contribution < -0.4 is 4.90 Å². The van der Waals surface area contributed by atoms with Gasteiger partial charge in [0.05, 0.1) is 11.4 Å². The Bertz CT molecular complexity index is 2780. The predicted octanol–water partition coefficient (Wildman–Crippen LogP) is 13.9. The van der Waals surface area contributed by atoms with Crippen molar-refractivity contribution in [3.05, 3.63) is 169 Å². The van der Waals surface area contributed by atoms with Crippen LogP contribution >= 0.6 is 11.3 Å². The largest absolute Gasteiger partial charge is 0.309 e. The minimum atomic E-state index is 1.08. The van der Waals surface area contributed by atoms with Crippen LogP contribution in [0.5, 0.6) is 0 Å². The summed E-state index contributed by atoms with van der Waals surface area (Å²) in [7, 11) is 0. The summed E-state index contributed by atoms with van der Waals surface area (Å²) in [6.07, 6.45) is 8.88. The third-order valence-electron chi connectivity index (χ3n) is 10.1. The first-order valence-corrected chi connectivity index (χ1v) is 17.6. The minimum Gasteiger partial charge on any atom is -0.309 e. The van der Waals surface area contributed by atoms with Crippen molar-refractivity contribution in [3.63, 3.8) is 0 Å². The van der Waals surface area contributed by atoms with E-state index >= 15 is 0 Å². The van der Waals surface area contributed by atoms with Crippen LogP contribution in [0.4, 0.5) is 17.1 Å². The molecule has 9 aromatic rings. The lowest BCUT2D eigenvalue weighted by Gasteiger charge is -2.29. The van der Waals surface area contributed by atoms with E-state index in [2.05, 4.69) is 169 Å². The van der Waals surface area contributed by atoms with Crippen LogP contribution in [0.1, 0.15) is 18.4 Å². The lowest BCUT2D eigenvalue weighted by molar-refractivity contribution is 1.05. The average molecular weight is 630 g/mol. The van der Waals surface area contributed by atoms with Crippen molar-refractivity contribution >= 4 is 97.2 Å². The number of nitrogens with zero attached hydrogens (tertiary/aromatic N) is 1. The van der Waals surface area contributed by atoms with E-state index in [1.807, 2.05) is 11.3 Å². The zero-order chi connectivity index (χ0) is 31.6. The highest BCUT2D eigenvalue weighted by Gasteiger charge is 2.21. The number of thiophene rings is 1. The van der Waals surface area contributed by atoms with Gasteiger partial charge in [0, 0.05) is 36.6 Å². The van der Waals surface area contributed by atoms with Gasteiger partial charge in [0.1, 0.15) is 0 Å². The van der Waals surface area contributed by atoms with Crippen LogP contribution in [-0.2, 0) is 0 Å². The summed E-state index contributed by atoms with van der Waals surface area (Å²) >= 11 is 1.88. The van der Waals surface area contributed by atoms with Crippen LogP contribution in [0.2, 0.25) is 0 Å². The van der Waals surface area contributed by atoms with E-state index < -0.39 is 0 Å². The molecule has 1 nitrogen and oxygen atoms in total. The molecule has 8 aromatic carbocycles. The quantitative estimate of drug-likeness (QED) is 0.175. The molecule has 0 radical (unpaired) electrons. The van der Waals surface area contributed by atoms with Crippen molar-refractivity contribution in [1.29, 1.82) is 0 Å². The minimum absolute atomic E-state index is 1.08. The summed E-state index contributed by atoms with van der Waals surface area (Å²) in [6.45, 7) is 0. The maximum atomic E-state index is 2.50. The summed E-state index contributed by atoms with van der Waals surface area (Å²) < 4.78 is 2.66. The predicted molar refractivity (Wildman–Crippen MR) is 210 cm³/mol. The van der Waals surface area contributed by atoms with E-state index in [4.69, 9.17) is 0 Å². The van der Waals surface area contributed by atoms with Gasteiger partial charge in [-0.15, -0.1) is 11.3 Å². The summed E-state index contributed by atoms with van der Waals surface area (Å²) in [5.41, 5.74) is 6.21. The van der Waals surface area contributed by atoms with E-state index in [1.165, 1.54) is 85.8 Å². The lowest BCUT2D eigenvalue weighted by atomic mass is 9.94. The molecule has 0 fully saturated rings. The first-order chi connectivity index (χ1) is 23.8. The Morgan fingerprint density at radius 2 is 1.23 bits per heavy atom. The maximum absolute atomic E-state index is 2.50. The van der Waals surface area contributed by atoms with Crippen molar-refractivity contribution in [1.82, 2.24) is 0 Å². The van der Waals surface area contributed by atoms with E-state index in [1.54, 1.807) is 0 Å². The van der Waals surface area contributed by atoms with Crippen LogP contribution in [0, 0.1) is 0 Å². The zero-order valence-electron chi connectivity index (χ0n) is 26.4. The molecule has 226 valence electrons. The van der Waals surface area contributed by atoms with Gasteiger partial charge in [-0.2, -0.15) is 0 Å². The van der Waals surface area contributed by atoms with Gasteiger partial charge in [0.25, 0.3) is 0 Å². The van der Waals surface area contributed by atoms with Crippen molar-refractivity contribution in [2.75, 3.05) is 4.90 Å². The summed E-state index contributed by atoms with van der Waals surface area (Å²) in [4.78, 5) is 2.50. The fraction of sp³-hybridized carbons (Fsp3) is 0.0435. The molecule has 0 spiro atoms. The van der Waals surface area contributed by atoms with Crippen LogP contribution in [0.3, 0.4) is 0 Å². The number of fused-ring (bicyclic) bond motifs is 9. The molecule has 1 aliphatic rings. The third kappa shape index (κ3) is 4.30. The second kappa shape index (κ2) is 10.9. The molecule has 48 heavy (non-hydrogen) atoms. The Kier molecular flexibility index (Phi) is 6.25. The fourth-order valence-electron chi connectivity index (χ4n) is 7.79. The molecule has 10 rings (SSSR count). The first-order valence-electron chi connectivity index (χ1n) is 16.7. The van der Waals surface area contributed by atoms with Crippen molar-refractivity contribution in [2.45, 2.75) is 12.8 Å². The molecule has 1 aromatic heterocycles. The number of allylic oxidation sites excluding steroid dienone is 4. The molecule has 1 aliphatic carbocycles. The standard InChI is InChI=1S/C46H31NS/c1-2-11-30(12-3-1)31-23-25-35(26-24-31)47(42-19-10-14-33-28-45-41(29-40(33)42)38-17-8-9-20-44(38)48-45)43-27-34-22-21-32-13-4-5-15-36(32)46(34)39-18-7-6-16-37(39)43/h1-2,4-11,13-29H,3,12H2. The van der Waals surface area contributed by atoms with Crippen molar-refractivity contribution in [3.8, 4) is 0 Å². The van der Waals surface area contributed by atoms with Gasteiger partial charge >= 0.3 is 0 Å². The highest BCUT2D eigenvalue weighted by molar-refractivity contribution is 7.25. The smallest absolute Gasteiger partial charge is 0.0546 e. The molecular formula is C46H31NS. The van der Waals surface area contributed by atoms with Gasteiger partial charge in [-0.05, 0) is 98.8 Å². The second-order valence-corrected chi connectivity index (χ2v) is 13.9. The summed E-state index contributed by atoms with van der Waals surface area (Å²) in [5.74, 6) is 0. The molecule has 0 aliphatic heterocycles. The molecule has 0 saturated carbocycles. The van der Waals surface area contributed by atoms with Gasteiger partial charge < -0.3 is 4.90 Å². The number of hydrogen-bond acceptors (Lipinski definition) is 2. The Labute approximate surface area is 283 Å². The average Bonchev–Trinajstić information content (AvgIpc) is 3.52. The van der Waals surface area contributed by atoms with Gasteiger partial charge in [-0.25, -0.2) is 0 Å². The molecular weight excluding hydrogens is 599 g/mol. The number of benzene rings is 8. The molecule has 1 heterocycles. The zero-order valence-corrected chi connectivity index (χ0v) is 27.2. The van der Waals surface area contributed by atoms with Gasteiger partial charge in [-0.1, -0.05) is 121 Å². The number of rotatable bonds is 4. The number of hydrogen-bond donors (Lipinski definition) is 0. The third-order valence-corrected chi connectivity index (χ3v) is 11.2. The summed E-state index contributed by atoms with van der Waals surface area (Å²) in [5, 5.41) is 12.8. The molecule has 0 N–H and O–H groups in total. The van der Waals surface area contributed by atoms with E-state index in [0.717, 1.165) is 18.5 Å². The molecule has 0 unspecified atom stereocenters. The maximum Gasteiger partial charge on any atom is 0.0546 e. The second-order valence-electron chi connectivity index (χ2n) is 12.8. The highest BCUT2D eigenvalue weighted by Crippen LogP contribution is 2.47. The van der Waals surface area contributed by atoms with E-state index in [0.29, 0.717) is 0 Å². The Morgan fingerprint density at radius 1 is 0.479 bits per heavy atom. The SMILES string of the molecule is C1=CCCC(c2ccc(N(c3cccc4cc5sc6ccccc6c5cc34)c3cc4ccc5ccccc5c4c4ccccc34)cc2)=C1. The first kappa shape index (κ1) is 27.4. The van der Waals surface area contributed by atoms with Crippen LogP contribution in [0.25, 0.3) is 68.8 Å². The highest BCUT2D eigenvalue weighted by atomic mass is 32.1. The Hall–Kier alpha value is -5.70. The van der Waals surface area contributed by atoms with Crippen LogP contribution in [-0.4, -0.2) is 0 Å². The lowest BCUT2D eigenvalue weighted by Crippen LogP contribution is -2.11. The fourth-order valence-corrected chi connectivity index (χ4v) is 8.93. The molecule has 0 atom stereocenters. The number of anilines is 3. The van der Waals surface area contributed by atoms with E-state index in [9.17, 15) is 0 Å².